The Morgan fingerprint density at radius 3 is 2.88 bits per heavy atom. The number of aliphatic hydroxyl groups is 2. The molecule has 26 heavy (non-hydrogen) atoms. The van der Waals surface area contributed by atoms with Gasteiger partial charge in [-0.05, 0) is 0 Å². The molecule has 8 nitrogen and oxygen atoms in total. The number of carbonyl (C=O) groups excluding carboxylic acids is 1. The number of nitrogens with one attached hydrogen (secondary N) is 3. The molecule has 0 bridgehead atoms. The first-order valence-corrected chi connectivity index (χ1v) is 14.4. The molecule has 1 fully saturated rings. The van der Waals surface area contributed by atoms with E-state index in [0.29, 0.717) is 18.8 Å². The van der Waals surface area contributed by atoms with Gasteiger partial charge in [0, 0.05) is 0 Å². The number of anilines is 1. The van der Waals surface area contributed by atoms with Crippen LogP contribution in [0.3, 0.4) is 0 Å². The Morgan fingerprint density at radius 2 is 2.19 bits per heavy atom. The molecule has 0 radical (unpaired) electrons. The van der Waals surface area contributed by atoms with Crippen molar-refractivity contribution >= 4 is 37.0 Å². The average Bonchev–Trinajstić information content (AvgIpc) is 3.21. The quantitative estimate of drug-likeness (QED) is 0.351. The molecule has 0 saturated heterocycles. The fraction of sp³-hybridized carbons (Fsp3) is 0.588. The van der Waals surface area contributed by atoms with Gasteiger partial charge in [-0.2, -0.15) is 0 Å². The van der Waals surface area contributed by atoms with Crippen LogP contribution in [0.4, 0.5) is 5.95 Å². The molecule has 1 atom stereocenters. The zero-order chi connectivity index (χ0) is 18.4. The molecule has 1 aromatic heterocycles. The Hall–Kier alpha value is -1.16. The van der Waals surface area contributed by atoms with Crippen LogP contribution >= 0.6 is 0 Å². The minimum absolute atomic E-state index is 0.0346. The first-order valence-electron chi connectivity index (χ1n) is 9.21. The number of carbonyl (C=O) groups is 1. The molecule has 9 heteroatoms. The number of hydrogen-bond acceptors (Lipinski definition) is 7. The maximum atomic E-state index is 12.9. The number of amides is 1. The van der Waals surface area contributed by atoms with E-state index in [-0.39, 0.29) is 19.1 Å². The van der Waals surface area contributed by atoms with E-state index in [4.69, 9.17) is 5.11 Å². The second-order valence-corrected chi connectivity index (χ2v) is 13.6. The van der Waals surface area contributed by atoms with Gasteiger partial charge in [-0.25, -0.2) is 0 Å². The third kappa shape index (κ3) is 4.76. The van der Waals surface area contributed by atoms with Crippen molar-refractivity contribution in [1.82, 2.24) is 18.6 Å². The van der Waals surface area contributed by atoms with Crippen molar-refractivity contribution < 1.29 is 15.0 Å². The van der Waals surface area contributed by atoms with Crippen LogP contribution in [0.15, 0.2) is 22.2 Å². The van der Waals surface area contributed by atoms with Crippen LogP contribution < -0.4 is 17.4 Å². The first kappa shape index (κ1) is 19.6. The van der Waals surface area contributed by atoms with Crippen LogP contribution in [0.25, 0.3) is 0 Å². The van der Waals surface area contributed by atoms with Gasteiger partial charge in [-0.3, -0.25) is 0 Å². The van der Waals surface area contributed by atoms with E-state index in [0.717, 1.165) is 29.3 Å². The molecule has 1 aliphatic heterocycles. The molecule has 5 N–H and O–H groups in total. The van der Waals surface area contributed by atoms with E-state index < -0.39 is 33.4 Å². The molecule has 1 saturated carbocycles. The molecular formula is C17H26InN5O3. The Bertz CT molecular complexity index is 651. The van der Waals surface area contributed by atoms with E-state index in [9.17, 15) is 9.90 Å². The molecular weight excluding hydrogens is 437 g/mol. The summed E-state index contributed by atoms with van der Waals surface area (Å²) in [5, 5.41) is 24.5. The predicted octanol–water partition coefficient (Wildman–Crippen LogP) is -1.04. The molecule has 1 amide bonds. The molecule has 3 rings (SSSR count). The third-order valence-corrected chi connectivity index (χ3v) is 11.5. The molecule has 2 aliphatic rings. The second kappa shape index (κ2) is 9.16. The van der Waals surface area contributed by atoms with Crippen LogP contribution in [-0.4, -0.2) is 79.2 Å². The van der Waals surface area contributed by atoms with E-state index >= 15 is 0 Å². The van der Waals surface area contributed by atoms with Crippen LogP contribution in [-0.2, 0) is 4.79 Å². The van der Waals surface area contributed by atoms with Crippen molar-refractivity contribution in [3.05, 3.63) is 22.2 Å². The molecule has 1 aliphatic carbocycles. The van der Waals surface area contributed by atoms with E-state index in [1.807, 2.05) is 6.07 Å². The molecule has 1 unspecified atom stereocenters. The van der Waals surface area contributed by atoms with Crippen LogP contribution in [0, 0.1) is 0 Å². The fourth-order valence-electron chi connectivity index (χ4n) is 3.50. The fourth-order valence-corrected chi connectivity index (χ4v) is 8.91. The average molecular weight is 463 g/mol. The molecule has 140 valence electrons. The zero-order valence-electron chi connectivity index (χ0n) is 14.8. The van der Waals surface area contributed by atoms with Gasteiger partial charge in [0.25, 0.3) is 0 Å². The van der Waals surface area contributed by atoms with Crippen LogP contribution in [0.2, 0.25) is 0 Å². The summed E-state index contributed by atoms with van der Waals surface area (Å²) in [5.41, 5.74) is -0.763. The third-order valence-electron chi connectivity index (χ3n) is 4.98. The van der Waals surface area contributed by atoms with Crippen LogP contribution in [0.5, 0.6) is 0 Å². The summed E-state index contributed by atoms with van der Waals surface area (Å²) in [6.07, 6.45) is 7.36. The molecule has 1 aromatic rings. The zero-order valence-corrected chi connectivity index (χ0v) is 18.1. The van der Waals surface area contributed by atoms with Crippen molar-refractivity contribution in [3.63, 3.8) is 0 Å². The SMILES string of the molecule is O=C(NCC(O)CO)C1(Nc2ncc[c]([In]3[CH]=CC[NH]3)n2)CCCCC1. The summed E-state index contributed by atoms with van der Waals surface area (Å²) in [4.78, 5) is 21.9. The second-order valence-electron chi connectivity index (χ2n) is 6.93. The van der Waals surface area contributed by atoms with Gasteiger partial charge in [0.05, 0.1) is 0 Å². The minimum atomic E-state index is -2.13. The number of rotatable bonds is 7. The van der Waals surface area contributed by atoms with Gasteiger partial charge in [-0.15, -0.1) is 0 Å². The monoisotopic (exact) mass is 463 g/mol. The number of aromatic nitrogens is 2. The van der Waals surface area contributed by atoms with Crippen molar-refractivity contribution in [1.29, 1.82) is 0 Å². The Balaban J connectivity index is 1.74. The summed E-state index contributed by atoms with van der Waals surface area (Å²) in [6.45, 7) is 0.570. The van der Waals surface area contributed by atoms with Gasteiger partial charge >= 0.3 is 162 Å². The van der Waals surface area contributed by atoms with Gasteiger partial charge in [0.2, 0.25) is 0 Å². The summed E-state index contributed by atoms with van der Waals surface area (Å²) in [7, 11) is 0. The van der Waals surface area contributed by atoms with Crippen molar-refractivity contribution in [2.45, 2.75) is 43.7 Å². The molecule has 0 aromatic carbocycles. The Kier molecular flexibility index (Phi) is 6.91. The van der Waals surface area contributed by atoms with Crippen molar-refractivity contribution in [2.75, 3.05) is 25.0 Å². The predicted molar refractivity (Wildman–Crippen MR) is 100 cm³/mol. The Morgan fingerprint density at radius 1 is 1.38 bits per heavy atom. The number of aliphatic hydroxyl groups excluding tert-OH is 2. The molecule has 0 spiro atoms. The first-order chi connectivity index (χ1) is 12.6. The van der Waals surface area contributed by atoms with Crippen LogP contribution in [0.1, 0.15) is 32.1 Å². The summed E-state index contributed by atoms with van der Waals surface area (Å²) < 4.78 is 6.87. The molecule has 2 heterocycles. The van der Waals surface area contributed by atoms with Crippen molar-refractivity contribution in [3.8, 4) is 0 Å². The van der Waals surface area contributed by atoms with Gasteiger partial charge in [-0.1, -0.05) is 0 Å². The number of nitrogens with zero attached hydrogens (tertiary/aromatic N) is 2. The van der Waals surface area contributed by atoms with Gasteiger partial charge < -0.3 is 0 Å². The summed E-state index contributed by atoms with van der Waals surface area (Å²) in [5.74, 6) is 0.321. The normalized spacial score (nSPS) is 20.0. The van der Waals surface area contributed by atoms with E-state index in [1.54, 1.807) is 6.20 Å². The van der Waals surface area contributed by atoms with E-state index in [1.165, 1.54) is 0 Å². The summed E-state index contributed by atoms with van der Waals surface area (Å²) >= 11 is -2.13. The van der Waals surface area contributed by atoms with Crippen molar-refractivity contribution in [2.24, 2.45) is 0 Å². The van der Waals surface area contributed by atoms with Gasteiger partial charge in [0.15, 0.2) is 0 Å². The topological polar surface area (TPSA) is 119 Å². The Labute approximate surface area is 161 Å². The van der Waals surface area contributed by atoms with E-state index in [2.05, 4.69) is 33.8 Å². The summed E-state index contributed by atoms with van der Waals surface area (Å²) in [6, 6.07) is 1.96. The maximum absolute atomic E-state index is 12.9. The standard InChI is InChI=1S/C14H21N4O3.C3H5N.In/c19-10-11(20)9-17-12(21)14(5-2-1-3-6-14)18-13-15-7-4-8-16-13;1-2-3-4;/h4,7,11,19-20H,1-3,5-6,9-10H2,(H,17,21)(H,15,16,18);1-2,4H,3H2;/q;-1;+1. The van der Waals surface area contributed by atoms with Gasteiger partial charge in [0.1, 0.15) is 0 Å². The number of hydrogen-bond donors (Lipinski definition) is 5.